The largest absolute Gasteiger partial charge is 0.416 e. The maximum atomic E-state index is 14.5. The summed E-state index contributed by atoms with van der Waals surface area (Å²) in [6, 6.07) is 2.58. The molecule has 1 aromatic carbocycles. The molecule has 1 aliphatic carbocycles. The number of alkyl halides is 3. The summed E-state index contributed by atoms with van der Waals surface area (Å²) in [7, 11) is 0. The van der Waals surface area contributed by atoms with Crippen LogP contribution in [-0.4, -0.2) is 28.9 Å². The lowest BCUT2D eigenvalue weighted by molar-refractivity contribution is -0.137. The third-order valence-corrected chi connectivity index (χ3v) is 5.74. The Morgan fingerprint density at radius 1 is 1.14 bits per heavy atom. The summed E-state index contributed by atoms with van der Waals surface area (Å²) in [4.78, 5) is 18.6. The van der Waals surface area contributed by atoms with Crippen molar-refractivity contribution in [3.63, 3.8) is 0 Å². The molecule has 0 bridgehead atoms. The van der Waals surface area contributed by atoms with Crippen molar-refractivity contribution >= 4 is 5.91 Å². The summed E-state index contributed by atoms with van der Waals surface area (Å²) >= 11 is 0. The molecular formula is C21H20F4N2O. The number of rotatable bonds is 3. The molecule has 1 aromatic heterocycles. The number of nitrogens with zero attached hydrogens (tertiary/aromatic N) is 2. The summed E-state index contributed by atoms with van der Waals surface area (Å²) in [5, 5.41) is 0. The van der Waals surface area contributed by atoms with Gasteiger partial charge >= 0.3 is 6.18 Å². The lowest BCUT2D eigenvalue weighted by Gasteiger charge is -2.18. The third-order valence-electron chi connectivity index (χ3n) is 5.74. The number of hydrogen-bond acceptors (Lipinski definition) is 2. The van der Waals surface area contributed by atoms with Crippen molar-refractivity contribution in [1.82, 2.24) is 9.88 Å². The number of pyridine rings is 1. The highest BCUT2D eigenvalue weighted by Crippen LogP contribution is 2.41. The molecule has 1 atom stereocenters. The van der Waals surface area contributed by atoms with Crippen LogP contribution < -0.4 is 0 Å². The van der Waals surface area contributed by atoms with Crippen LogP contribution in [0.4, 0.5) is 17.6 Å². The Bertz CT molecular complexity index is 904. The van der Waals surface area contributed by atoms with Gasteiger partial charge in [-0.05, 0) is 54.9 Å². The topological polar surface area (TPSA) is 33.2 Å². The first-order valence-electron chi connectivity index (χ1n) is 9.46. The van der Waals surface area contributed by atoms with E-state index in [2.05, 4.69) is 4.98 Å². The van der Waals surface area contributed by atoms with Gasteiger partial charge in [0.1, 0.15) is 5.82 Å². The normalized spacial score (nSPS) is 19.1. The Morgan fingerprint density at radius 3 is 2.57 bits per heavy atom. The molecule has 2 aromatic rings. The molecule has 2 aliphatic rings. The molecule has 0 saturated carbocycles. The molecule has 3 nitrogen and oxygen atoms in total. The maximum Gasteiger partial charge on any atom is 0.416 e. The predicted octanol–water partition coefficient (Wildman–Crippen LogP) is 4.95. The van der Waals surface area contributed by atoms with Crippen LogP contribution >= 0.6 is 0 Å². The number of hydrogen-bond donors (Lipinski definition) is 0. The first kappa shape index (κ1) is 18.9. The zero-order chi connectivity index (χ0) is 19.9. The fourth-order valence-corrected chi connectivity index (χ4v) is 4.27. The summed E-state index contributed by atoms with van der Waals surface area (Å²) in [6.45, 7) is 1.60. The summed E-state index contributed by atoms with van der Waals surface area (Å²) < 4.78 is 52.9. The number of benzene rings is 1. The summed E-state index contributed by atoms with van der Waals surface area (Å²) in [5.41, 5.74) is 1.41. The van der Waals surface area contributed by atoms with Crippen molar-refractivity contribution in [2.24, 2.45) is 0 Å². The van der Waals surface area contributed by atoms with Crippen LogP contribution in [0.25, 0.3) is 11.1 Å². The minimum absolute atomic E-state index is 0.0214. The highest BCUT2D eigenvalue weighted by atomic mass is 19.4. The number of fused-ring (bicyclic) bond motifs is 1. The Kier molecular flexibility index (Phi) is 4.85. The van der Waals surface area contributed by atoms with Crippen molar-refractivity contribution in [2.75, 3.05) is 13.1 Å². The zero-order valence-electron chi connectivity index (χ0n) is 15.2. The Hall–Kier alpha value is -2.44. The Morgan fingerprint density at radius 2 is 1.89 bits per heavy atom. The lowest BCUT2D eigenvalue weighted by atomic mass is 9.95. The quantitative estimate of drug-likeness (QED) is 0.693. The van der Waals surface area contributed by atoms with Gasteiger partial charge in [-0.3, -0.25) is 9.78 Å². The monoisotopic (exact) mass is 392 g/mol. The van der Waals surface area contributed by atoms with Gasteiger partial charge in [0.25, 0.3) is 0 Å². The number of aromatic nitrogens is 1. The van der Waals surface area contributed by atoms with E-state index in [9.17, 15) is 22.4 Å². The molecule has 1 fully saturated rings. The number of likely N-dealkylation sites (tertiary alicyclic amines) is 1. The van der Waals surface area contributed by atoms with Gasteiger partial charge in [-0.25, -0.2) is 4.39 Å². The van der Waals surface area contributed by atoms with E-state index in [-0.39, 0.29) is 17.4 Å². The minimum Gasteiger partial charge on any atom is -0.343 e. The van der Waals surface area contributed by atoms with Gasteiger partial charge < -0.3 is 4.90 Å². The molecule has 7 heteroatoms. The van der Waals surface area contributed by atoms with Crippen LogP contribution in [0, 0.1) is 5.82 Å². The van der Waals surface area contributed by atoms with Gasteiger partial charge in [-0.1, -0.05) is 6.07 Å². The highest BCUT2D eigenvalue weighted by molar-refractivity contribution is 5.78. The number of carbonyl (C=O) groups excluding carboxylic acids is 1. The first-order chi connectivity index (χ1) is 13.3. The van der Waals surface area contributed by atoms with E-state index in [1.165, 1.54) is 6.20 Å². The second-order valence-corrected chi connectivity index (χ2v) is 7.47. The average molecular weight is 392 g/mol. The van der Waals surface area contributed by atoms with E-state index < -0.39 is 17.6 Å². The summed E-state index contributed by atoms with van der Waals surface area (Å²) in [5.74, 6) is -0.767. The molecule has 1 unspecified atom stereocenters. The van der Waals surface area contributed by atoms with Crippen molar-refractivity contribution in [3.8, 4) is 11.1 Å². The molecular weight excluding hydrogens is 372 g/mol. The van der Waals surface area contributed by atoms with Gasteiger partial charge in [-0.15, -0.1) is 0 Å². The fourth-order valence-electron chi connectivity index (χ4n) is 4.27. The molecule has 28 heavy (non-hydrogen) atoms. The van der Waals surface area contributed by atoms with E-state index in [0.717, 1.165) is 55.6 Å². The van der Waals surface area contributed by atoms with Crippen molar-refractivity contribution in [1.29, 1.82) is 0 Å². The average Bonchev–Trinajstić information content (AvgIpc) is 3.31. The van der Waals surface area contributed by atoms with Crippen molar-refractivity contribution < 1.29 is 22.4 Å². The molecule has 1 aliphatic heterocycles. The van der Waals surface area contributed by atoms with E-state index in [1.807, 2.05) is 4.90 Å². The third kappa shape index (κ3) is 3.50. The van der Waals surface area contributed by atoms with Gasteiger partial charge in [0.15, 0.2) is 0 Å². The molecule has 0 spiro atoms. The van der Waals surface area contributed by atoms with Gasteiger partial charge in [-0.2, -0.15) is 13.2 Å². The van der Waals surface area contributed by atoms with Crippen LogP contribution in [0.2, 0.25) is 0 Å². The molecule has 1 amide bonds. The standard InChI is InChI=1S/C21H20F4N2O/c22-19-10-14(21(23,24)25)4-6-16(19)18-12-26-11-17-13(3-5-15(17)18)9-20(28)27-7-1-2-8-27/h4,6,10-13H,1-3,5,7-9H2. The van der Waals surface area contributed by atoms with Crippen molar-refractivity contribution in [3.05, 3.63) is 53.1 Å². The minimum atomic E-state index is -4.59. The molecule has 4 rings (SSSR count). The molecule has 0 N–H and O–H groups in total. The SMILES string of the molecule is O=C(CC1CCc2c(-c3ccc(C(F)(F)F)cc3F)cncc21)N1CCCC1. The molecule has 1 saturated heterocycles. The number of carbonyl (C=O) groups is 1. The Balaban J connectivity index is 1.62. The fraction of sp³-hybridized carbons (Fsp3) is 0.429. The smallest absolute Gasteiger partial charge is 0.343 e. The maximum absolute atomic E-state index is 14.5. The number of halogens is 4. The van der Waals surface area contributed by atoms with Gasteiger partial charge in [0.2, 0.25) is 5.91 Å². The van der Waals surface area contributed by atoms with Crippen LogP contribution in [0.5, 0.6) is 0 Å². The zero-order valence-corrected chi connectivity index (χ0v) is 15.2. The molecule has 0 radical (unpaired) electrons. The van der Waals surface area contributed by atoms with E-state index >= 15 is 0 Å². The summed E-state index contributed by atoms with van der Waals surface area (Å²) in [6.07, 6.45) is 2.50. The second-order valence-electron chi connectivity index (χ2n) is 7.47. The van der Waals surface area contributed by atoms with Crippen LogP contribution in [0.3, 0.4) is 0 Å². The second kappa shape index (κ2) is 7.18. The lowest BCUT2D eigenvalue weighted by Crippen LogP contribution is -2.28. The van der Waals surface area contributed by atoms with E-state index in [4.69, 9.17) is 0 Å². The number of amides is 1. The van der Waals surface area contributed by atoms with E-state index in [0.29, 0.717) is 24.5 Å². The van der Waals surface area contributed by atoms with Crippen LogP contribution in [0.1, 0.15) is 48.3 Å². The van der Waals surface area contributed by atoms with Crippen molar-refractivity contribution in [2.45, 2.75) is 44.2 Å². The predicted molar refractivity (Wildman–Crippen MR) is 96.1 cm³/mol. The van der Waals surface area contributed by atoms with Crippen LogP contribution in [-0.2, 0) is 17.4 Å². The first-order valence-corrected chi connectivity index (χ1v) is 9.46. The van der Waals surface area contributed by atoms with E-state index in [1.54, 1.807) is 6.20 Å². The van der Waals surface area contributed by atoms with Crippen LogP contribution in [0.15, 0.2) is 30.6 Å². The molecule has 148 valence electrons. The van der Waals surface area contributed by atoms with Gasteiger partial charge in [0, 0.05) is 43.0 Å². The highest BCUT2D eigenvalue weighted by Gasteiger charge is 2.33. The Labute approximate surface area is 160 Å². The van der Waals surface area contributed by atoms with Gasteiger partial charge in [0.05, 0.1) is 5.56 Å². The molecule has 2 heterocycles.